The first kappa shape index (κ1) is 16.3. The summed E-state index contributed by atoms with van der Waals surface area (Å²) in [4.78, 5) is 14.5. The van der Waals surface area contributed by atoms with Crippen molar-refractivity contribution >= 4 is 17.5 Å². The maximum atomic E-state index is 12.9. The summed E-state index contributed by atoms with van der Waals surface area (Å²) in [6.07, 6.45) is 0. The summed E-state index contributed by atoms with van der Waals surface area (Å²) >= 11 is 6.24. The van der Waals surface area contributed by atoms with Gasteiger partial charge in [0.2, 0.25) is 0 Å². The third-order valence-corrected chi connectivity index (χ3v) is 4.07. The third kappa shape index (κ3) is 3.08. The molecule has 3 aromatic rings. The number of hydrogen-bond donors (Lipinski definition) is 0. The molecule has 0 spiro atoms. The Morgan fingerprint density at radius 2 is 1.96 bits per heavy atom. The average Bonchev–Trinajstić information content (AvgIpc) is 3.13. The zero-order chi connectivity index (χ0) is 17.3. The van der Waals surface area contributed by atoms with E-state index in [-0.39, 0.29) is 5.91 Å². The van der Waals surface area contributed by atoms with Crippen LogP contribution in [0.25, 0.3) is 11.3 Å². The Bertz CT molecular complexity index is 882. The fourth-order valence-corrected chi connectivity index (χ4v) is 2.75. The fourth-order valence-electron chi connectivity index (χ4n) is 2.53. The van der Waals surface area contributed by atoms with Gasteiger partial charge in [0, 0.05) is 12.6 Å². The molecule has 0 aliphatic heterocycles. The van der Waals surface area contributed by atoms with E-state index in [1.165, 1.54) is 0 Å². The SMILES string of the molecule is Cc1ccc(CN(C)C(=O)c2c(-c3ccccc3Cl)noc2C)o1. The van der Waals surface area contributed by atoms with Gasteiger partial charge < -0.3 is 13.8 Å². The molecule has 0 bridgehead atoms. The lowest BCUT2D eigenvalue weighted by molar-refractivity contribution is 0.0774. The Kier molecular flexibility index (Phi) is 4.44. The van der Waals surface area contributed by atoms with Crippen LogP contribution < -0.4 is 0 Å². The monoisotopic (exact) mass is 344 g/mol. The molecule has 0 saturated carbocycles. The first-order valence-corrected chi connectivity index (χ1v) is 7.87. The van der Waals surface area contributed by atoms with Gasteiger partial charge >= 0.3 is 0 Å². The zero-order valence-corrected chi connectivity index (χ0v) is 14.4. The van der Waals surface area contributed by atoms with Gasteiger partial charge in [-0.3, -0.25) is 4.79 Å². The molecule has 124 valence electrons. The topological polar surface area (TPSA) is 59.5 Å². The van der Waals surface area contributed by atoms with Crippen molar-refractivity contribution < 1.29 is 13.7 Å². The summed E-state index contributed by atoms with van der Waals surface area (Å²) in [6.45, 7) is 3.94. The first-order chi connectivity index (χ1) is 11.5. The minimum atomic E-state index is -0.197. The minimum absolute atomic E-state index is 0.197. The molecule has 3 rings (SSSR count). The van der Waals surface area contributed by atoms with E-state index in [9.17, 15) is 4.79 Å². The number of aryl methyl sites for hydroxylation is 2. The maximum Gasteiger partial charge on any atom is 0.259 e. The molecule has 0 fully saturated rings. The van der Waals surface area contributed by atoms with Gasteiger partial charge in [0.05, 0.1) is 11.6 Å². The van der Waals surface area contributed by atoms with E-state index in [4.69, 9.17) is 20.5 Å². The molecule has 0 N–H and O–H groups in total. The van der Waals surface area contributed by atoms with Crippen molar-refractivity contribution in [1.82, 2.24) is 10.1 Å². The van der Waals surface area contributed by atoms with Crippen molar-refractivity contribution in [1.29, 1.82) is 0 Å². The number of rotatable bonds is 4. The lowest BCUT2D eigenvalue weighted by Crippen LogP contribution is -2.26. The van der Waals surface area contributed by atoms with Crippen LogP contribution in [0.4, 0.5) is 0 Å². The van der Waals surface area contributed by atoms with Crippen LogP contribution in [0.3, 0.4) is 0 Å². The van der Waals surface area contributed by atoms with E-state index in [1.807, 2.05) is 37.3 Å². The van der Waals surface area contributed by atoms with E-state index in [1.54, 1.807) is 24.9 Å². The fraction of sp³-hybridized carbons (Fsp3) is 0.222. The summed E-state index contributed by atoms with van der Waals surface area (Å²) < 4.78 is 10.8. The van der Waals surface area contributed by atoms with Gasteiger partial charge in [-0.15, -0.1) is 0 Å². The molecule has 1 amide bonds. The summed E-state index contributed by atoms with van der Waals surface area (Å²) in [5.41, 5.74) is 1.53. The van der Waals surface area contributed by atoms with Crippen molar-refractivity contribution in [3.8, 4) is 11.3 Å². The highest BCUT2D eigenvalue weighted by molar-refractivity contribution is 6.33. The number of aromatic nitrogens is 1. The normalized spacial score (nSPS) is 10.8. The van der Waals surface area contributed by atoms with Crippen molar-refractivity contribution in [2.45, 2.75) is 20.4 Å². The first-order valence-electron chi connectivity index (χ1n) is 7.49. The molecule has 5 nitrogen and oxygen atoms in total. The van der Waals surface area contributed by atoms with E-state index in [0.29, 0.717) is 34.1 Å². The predicted octanol–water partition coefficient (Wildman–Crippen LogP) is 4.48. The van der Waals surface area contributed by atoms with Gasteiger partial charge in [0.1, 0.15) is 28.5 Å². The zero-order valence-electron chi connectivity index (χ0n) is 13.7. The van der Waals surface area contributed by atoms with Gasteiger partial charge in [0.15, 0.2) is 0 Å². The van der Waals surface area contributed by atoms with Gasteiger partial charge in [-0.25, -0.2) is 0 Å². The molecule has 0 atom stereocenters. The average molecular weight is 345 g/mol. The van der Waals surface area contributed by atoms with Crippen LogP contribution in [0.2, 0.25) is 5.02 Å². The van der Waals surface area contributed by atoms with Gasteiger partial charge in [-0.05, 0) is 32.0 Å². The molecule has 0 unspecified atom stereocenters. The number of amides is 1. The van der Waals surface area contributed by atoms with Crippen LogP contribution in [-0.2, 0) is 6.54 Å². The third-order valence-electron chi connectivity index (χ3n) is 3.74. The Labute approximate surface area is 144 Å². The quantitative estimate of drug-likeness (QED) is 0.700. The van der Waals surface area contributed by atoms with Gasteiger partial charge in [-0.2, -0.15) is 0 Å². The van der Waals surface area contributed by atoms with Crippen LogP contribution in [0.5, 0.6) is 0 Å². The number of furan rings is 1. The molecule has 6 heteroatoms. The molecule has 0 radical (unpaired) electrons. The van der Waals surface area contributed by atoms with E-state index in [0.717, 1.165) is 11.5 Å². The molecule has 0 aliphatic carbocycles. The Balaban J connectivity index is 1.93. The van der Waals surface area contributed by atoms with Crippen LogP contribution in [0, 0.1) is 13.8 Å². The second-order valence-corrected chi connectivity index (χ2v) is 6.02. The second-order valence-electron chi connectivity index (χ2n) is 5.62. The second kappa shape index (κ2) is 6.53. The van der Waals surface area contributed by atoms with Gasteiger partial charge in [0.25, 0.3) is 5.91 Å². The minimum Gasteiger partial charge on any atom is -0.464 e. The molecule has 1 aromatic carbocycles. The number of halogens is 1. The van der Waals surface area contributed by atoms with E-state index < -0.39 is 0 Å². The number of hydrogen-bond acceptors (Lipinski definition) is 4. The largest absolute Gasteiger partial charge is 0.464 e. The molecule has 2 heterocycles. The van der Waals surface area contributed by atoms with Crippen LogP contribution in [0.15, 0.2) is 45.3 Å². The molecular formula is C18H17ClN2O3. The van der Waals surface area contributed by atoms with Crippen molar-refractivity contribution in [2.75, 3.05) is 7.05 Å². The van der Waals surface area contributed by atoms with Crippen LogP contribution in [-0.4, -0.2) is 23.0 Å². The highest BCUT2D eigenvalue weighted by Gasteiger charge is 2.25. The number of benzene rings is 1. The molecule has 0 saturated heterocycles. The number of carbonyl (C=O) groups is 1. The van der Waals surface area contributed by atoms with E-state index >= 15 is 0 Å². The number of nitrogens with zero attached hydrogens (tertiary/aromatic N) is 2. The Morgan fingerprint density at radius 3 is 2.62 bits per heavy atom. The van der Waals surface area contributed by atoms with E-state index in [2.05, 4.69) is 5.16 Å². The smallest absolute Gasteiger partial charge is 0.259 e. The van der Waals surface area contributed by atoms with Crippen molar-refractivity contribution in [3.63, 3.8) is 0 Å². The lowest BCUT2D eigenvalue weighted by Gasteiger charge is -2.16. The van der Waals surface area contributed by atoms with Crippen LogP contribution in [0.1, 0.15) is 27.6 Å². The standard InChI is InChI=1S/C18H17ClN2O3/c1-11-8-9-13(23-11)10-21(3)18(22)16-12(2)24-20-17(16)14-6-4-5-7-15(14)19/h4-9H,10H2,1-3H3. The predicted molar refractivity (Wildman–Crippen MR) is 90.9 cm³/mol. The lowest BCUT2D eigenvalue weighted by atomic mass is 10.1. The van der Waals surface area contributed by atoms with Crippen molar-refractivity contribution in [2.24, 2.45) is 0 Å². The van der Waals surface area contributed by atoms with Crippen molar-refractivity contribution in [3.05, 3.63) is 64.3 Å². The summed E-state index contributed by atoms with van der Waals surface area (Å²) in [6, 6.07) is 11.0. The number of carbonyl (C=O) groups excluding carboxylic acids is 1. The van der Waals surface area contributed by atoms with Crippen LogP contribution >= 0.6 is 11.6 Å². The summed E-state index contributed by atoms with van der Waals surface area (Å²) in [7, 11) is 1.71. The summed E-state index contributed by atoms with van der Waals surface area (Å²) in [5.74, 6) is 1.79. The highest BCUT2D eigenvalue weighted by atomic mass is 35.5. The van der Waals surface area contributed by atoms with Gasteiger partial charge in [-0.1, -0.05) is 35.0 Å². The highest BCUT2D eigenvalue weighted by Crippen LogP contribution is 2.31. The maximum absolute atomic E-state index is 12.9. The summed E-state index contributed by atoms with van der Waals surface area (Å²) in [5, 5.41) is 4.55. The Hall–Kier alpha value is -2.53. The molecular weight excluding hydrogens is 328 g/mol. The Morgan fingerprint density at radius 1 is 1.21 bits per heavy atom. The molecule has 0 aliphatic rings. The molecule has 2 aromatic heterocycles. The molecule has 24 heavy (non-hydrogen) atoms.